The molecule has 0 bridgehead atoms. The van der Waals surface area contributed by atoms with Crippen molar-refractivity contribution in [2.24, 2.45) is 0 Å². The third-order valence-corrected chi connectivity index (χ3v) is 2.73. The normalized spacial score (nSPS) is 10.0. The number of aryl methyl sites for hydroxylation is 3. The molecule has 0 fully saturated rings. The Balaban J connectivity index is 2.41. The topological polar surface area (TPSA) is 58.8 Å². The Labute approximate surface area is 112 Å². The van der Waals surface area contributed by atoms with Crippen LogP contribution in [-0.4, -0.2) is 9.97 Å². The van der Waals surface area contributed by atoms with Crippen molar-refractivity contribution in [3.63, 3.8) is 0 Å². The molecule has 0 saturated heterocycles. The minimum absolute atomic E-state index is 0.336. The lowest BCUT2D eigenvalue weighted by atomic mass is 10.2. The van der Waals surface area contributed by atoms with Crippen molar-refractivity contribution in [3.8, 4) is 17.7 Å². The molecule has 0 saturated carbocycles. The van der Waals surface area contributed by atoms with Crippen LogP contribution in [0.15, 0.2) is 24.3 Å². The van der Waals surface area contributed by atoms with Gasteiger partial charge in [0.05, 0.1) is 5.69 Å². The Kier molecular flexibility index (Phi) is 3.76. The van der Waals surface area contributed by atoms with Crippen molar-refractivity contribution in [1.82, 2.24) is 9.97 Å². The summed E-state index contributed by atoms with van der Waals surface area (Å²) in [5.74, 6) is 0.991. The lowest BCUT2D eigenvalue weighted by molar-refractivity contribution is 0.451. The largest absolute Gasteiger partial charge is 0.436 e. The minimum atomic E-state index is 0.336. The van der Waals surface area contributed by atoms with E-state index in [9.17, 15) is 0 Å². The fourth-order valence-electron chi connectivity index (χ4n) is 1.74. The van der Waals surface area contributed by atoms with Crippen molar-refractivity contribution in [3.05, 3.63) is 46.9 Å². The zero-order valence-electron chi connectivity index (χ0n) is 11.3. The standard InChI is InChI=1S/C15H15N3O/c1-4-13-14(8-6-10(2)17-13)19-15-12(9-16)7-5-11(3)18-15/h5-8H,4H2,1-3H3. The average molecular weight is 253 g/mol. The summed E-state index contributed by atoms with van der Waals surface area (Å²) in [6.07, 6.45) is 0.769. The molecule has 0 atom stereocenters. The minimum Gasteiger partial charge on any atom is -0.436 e. The van der Waals surface area contributed by atoms with Crippen LogP contribution in [0.3, 0.4) is 0 Å². The molecule has 0 aromatic carbocycles. The Morgan fingerprint density at radius 3 is 2.47 bits per heavy atom. The first-order valence-corrected chi connectivity index (χ1v) is 6.16. The molecular formula is C15H15N3O. The summed E-state index contributed by atoms with van der Waals surface area (Å²) in [7, 11) is 0. The molecule has 0 radical (unpaired) electrons. The summed E-state index contributed by atoms with van der Waals surface area (Å²) in [5, 5.41) is 9.07. The molecule has 4 heteroatoms. The van der Waals surface area contributed by atoms with Crippen molar-refractivity contribution >= 4 is 0 Å². The lowest BCUT2D eigenvalue weighted by Crippen LogP contribution is -1.99. The Bertz CT molecular complexity index is 644. The number of nitriles is 1. The number of pyridine rings is 2. The highest BCUT2D eigenvalue weighted by atomic mass is 16.5. The maximum atomic E-state index is 9.07. The fourth-order valence-corrected chi connectivity index (χ4v) is 1.74. The van der Waals surface area contributed by atoms with E-state index in [0.717, 1.165) is 23.5 Å². The molecule has 0 aliphatic heterocycles. The molecule has 2 aromatic heterocycles. The summed E-state index contributed by atoms with van der Waals surface area (Å²) in [6, 6.07) is 9.34. The van der Waals surface area contributed by atoms with Crippen LogP contribution in [0.25, 0.3) is 0 Å². The van der Waals surface area contributed by atoms with E-state index in [0.29, 0.717) is 17.2 Å². The van der Waals surface area contributed by atoms with E-state index in [1.807, 2.05) is 32.9 Å². The van der Waals surface area contributed by atoms with Gasteiger partial charge in [-0.3, -0.25) is 4.98 Å². The smallest absolute Gasteiger partial charge is 0.237 e. The van der Waals surface area contributed by atoms with Crippen molar-refractivity contribution in [1.29, 1.82) is 5.26 Å². The molecular weight excluding hydrogens is 238 g/mol. The number of ether oxygens (including phenoxy) is 1. The van der Waals surface area contributed by atoms with Crippen LogP contribution in [-0.2, 0) is 6.42 Å². The molecule has 0 amide bonds. The van der Waals surface area contributed by atoms with Crippen LogP contribution in [0.2, 0.25) is 0 Å². The Morgan fingerprint density at radius 1 is 1.11 bits per heavy atom. The van der Waals surface area contributed by atoms with Crippen LogP contribution in [0, 0.1) is 25.2 Å². The number of aromatic nitrogens is 2. The van der Waals surface area contributed by atoms with E-state index in [1.54, 1.807) is 12.1 Å². The van der Waals surface area contributed by atoms with Gasteiger partial charge in [-0.05, 0) is 44.5 Å². The number of rotatable bonds is 3. The summed E-state index contributed by atoms with van der Waals surface area (Å²) in [6.45, 7) is 5.82. The zero-order valence-corrected chi connectivity index (χ0v) is 11.3. The zero-order chi connectivity index (χ0) is 13.8. The maximum absolute atomic E-state index is 9.07. The van der Waals surface area contributed by atoms with Gasteiger partial charge in [-0.2, -0.15) is 5.26 Å². The Morgan fingerprint density at radius 2 is 1.79 bits per heavy atom. The van der Waals surface area contributed by atoms with E-state index < -0.39 is 0 Å². The van der Waals surface area contributed by atoms with E-state index >= 15 is 0 Å². The summed E-state index contributed by atoms with van der Waals surface area (Å²) >= 11 is 0. The second-order valence-electron chi connectivity index (χ2n) is 4.27. The molecule has 4 nitrogen and oxygen atoms in total. The van der Waals surface area contributed by atoms with Gasteiger partial charge in [0.25, 0.3) is 0 Å². The van der Waals surface area contributed by atoms with Crippen LogP contribution < -0.4 is 4.74 Å². The molecule has 0 aliphatic rings. The third kappa shape index (κ3) is 2.89. The van der Waals surface area contributed by atoms with Gasteiger partial charge in [-0.25, -0.2) is 4.98 Å². The molecule has 0 spiro atoms. The van der Waals surface area contributed by atoms with Gasteiger partial charge in [0, 0.05) is 11.4 Å². The van der Waals surface area contributed by atoms with Crippen molar-refractivity contribution in [2.45, 2.75) is 27.2 Å². The summed E-state index contributed by atoms with van der Waals surface area (Å²) in [4.78, 5) is 8.69. The SMILES string of the molecule is CCc1nc(C)ccc1Oc1nc(C)ccc1C#N. The Hall–Kier alpha value is -2.41. The first-order valence-electron chi connectivity index (χ1n) is 6.16. The lowest BCUT2D eigenvalue weighted by Gasteiger charge is -2.10. The summed E-state index contributed by atoms with van der Waals surface area (Å²) in [5.41, 5.74) is 3.05. The highest BCUT2D eigenvalue weighted by molar-refractivity contribution is 5.42. The predicted octanol–water partition coefficient (Wildman–Crippen LogP) is 3.32. The van der Waals surface area contributed by atoms with Gasteiger partial charge in [-0.1, -0.05) is 6.92 Å². The third-order valence-electron chi connectivity index (χ3n) is 2.73. The van der Waals surface area contributed by atoms with Gasteiger partial charge in [0.1, 0.15) is 11.6 Å². The summed E-state index contributed by atoms with van der Waals surface area (Å²) < 4.78 is 5.76. The van der Waals surface area contributed by atoms with Crippen molar-refractivity contribution in [2.75, 3.05) is 0 Å². The van der Waals surface area contributed by atoms with Crippen LogP contribution in [0.4, 0.5) is 0 Å². The molecule has 96 valence electrons. The number of nitrogens with zero attached hydrogens (tertiary/aromatic N) is 3. The molecule has 2 aromatic rings. The first kappa shape index (κ1) is 13.0. The number of hydrogen-bond acceptors (Lipinski definition) is 4. The predicted molar refractivity (Wildman–Crippen MR) is 72.1 cm³/mol. The van der Waals surface area contributed by atoms with Gasteiger partial charge in [0.2, 0.25) is 5.88 Å². The fraction of sp³-hybridized carbons (Fsp3) is 0.267. The van der Waals surface area contributed by atoms with E-state index in [4.69, 9.17) is 10.00 Å². The molecule has 2 heterocycles. The van der Waals surface area contributed by atoms with Gasteiger partial charge in [-0.15, -0.1) is 0 Å². The van der Waals surface area contributed by atoms with Gasteiger partial charge in [0.15, 0.2) is 5.75 Å². The second kappa shape index (κ2) is 5.49. The quantitative estimate of drug-likeness (QED) is 0.841. The average Bonchev–Trinajstić information content (AvgIpc) is 2.41. The molecule has 0 aliphatic carbocycles. The number of hydrogen-bond donors (Lipinski definition) is 0. The second-order valence-corrected chi connectivity index (χ2v) is 4.27. The molecule has 0 unspecified atom stereocenters. The highest BCUT2D eigenvalue weighted by Gasteiger charge is 2.10. The molecule has 2 rings (SSSR count). The highest BCUT2D eigenvalue weighted by Crippen LogP contribution is 2.26. The van der Waals surface area contributed by atoms with Crippen LogP contribution >= 0.6 is 0 Å². The maximum Gasteiger partial charge on any atom is 0.237 e. The van der Waals surface area contributed by atoms with Gasteiger partial charge < -0.3 is 4.74 Å². The van der Waals surface area contributed by atoms with Gasteiger partial charge >= 0.3 is 0 Å². The molecule has 0 N–H and O–H groups in total. The first-order chi connectivity index (χ1) is 9.13. The van der Waals surface area contributed by atoms with Crippen LogP contribution in [0.5, 0.6) is 11.6 Å². The van der Waals surface area contributed by atoms with E-state index in [-0.39, 0.29) is 0 Å². The van der Waals surface area contributed by atoms with E-state index in [2.05, 4.69) is 16.0 Å². The van der Waals surface area contributed by atoms with Crippen LogP contribution in [0.1, 0.15) is 29.6 Å². The van der Waals surface area contributed by atoms with Crippen molar-refractivity contribution < 1.29 is 4.74 Å². The van der Waals surface area contributed by atoms with E-state index in [1.165, 1.54) is 0 Å². The monoisotopic (exact) mass is 253 g/mol. The molecule has 19 heavy (non-hydrogen) atoms.